The second-order valence-corrected chi connectivity index (χ2v) is 8.24. The Labute approximate surface area is 186 Å². The van der Waals surface area contributed by atoms with Gasteiger partial charge in [0.15, 0.2) is 0 Å². The second kappa shape index (κ2) is 8.46. The number of nitrogens with zero attached hydrogens (tertiary/aromatic N) is 2. The molecule has 1 amide bonds. The normalized spacial score (nSPS) is 14.4. The number of benzene rings is 2. The van der Waals surface area contributed by atoms with E-state index in [1.54, 1.807) is 4.90 Å². The third-order valence-electron chi connectivity index (χ3n) is 6.25. The minimum Gasteiger partial charge on any atom is -0.481 e. The van der Waals surface area contributed by atoms with Crippen molar-refractivity contribution in [2.75, 3.05) is 18.1 Å². The van der Waals surface area contributed by atoms with Gasteiger partial charge in [-0.05, 0) is 46.7 Å². The van der Waals surface area contributed by atoms with Gasteiger partial charge in [0.25, 0.3) is 0 Å². The van der Waals surface area contributed by atoms with E-state index in [1.807, 2.05) is 36.4 Å². The molecule has 1 aliphatic heterocycles. The van der Waals surface area contributed by atoms with Gasteiger partial charge >= 0.3 is 12.1 Å². The number of pyridine rings is 1. The van der Waals surface area contributed by atoms with Crippen LogP contribution in [0.15, 0.2) is 60.7 Å². The van der Waals surface area contributed by atoms with E-state index in [1.165, 1.54) is 22.3 Å². The van der Waals surface area contributed by atoms with Crippen LogP contribution in [0.25, 0.3) is 11.1 Å². The zero-order chi connectivity index (χ0) is 22.1. The standard InChI is InChI=1S/C26H24N2O4/c29-24(30)14-13-18-12-11-17-6-5-15-28(25(17)27-18)26(31)32-16-23-21-9-3-1-7-19(21)20-8-2-4-10-22(20)23/h1-4,7-12,23H,5-6,13-16H2,(H,29,30). The molecule has 1 aromatic heterocycles. The van der Waals surface area contributed by atoms with E-state index in [2.05, 4.69) is 29.2 Å². The first-order chi connectivity index (χ1) is 15.6. The predicted octanol–water partition coefficient (Wildman–Crippen LogP) is 4.80. The largest absolute Gasteiger partial charge is 0.481 e. The van der Waals surface area contributed by atoms with Gasteiger partial charge in [0.2, 0.25) is 0 Å². The average Bonchev–Trinajstić information content (AvgIpc) is 3.14. The number of rotatable bonds is 5. The number of aryl methyl sites for hydroxylation is 2. The van der Waals surface area contributed by atoms with E-state index >= 15 is 0 Å². The van der Waals surface area contributed by atoms with Crippen LogP contribution in [0, 0.1) is 0 Å². The van der Waals surface area contributed by atoms with E-state index in [0.29, 0.717) is 24.5 Å². The maximum atomic E-state index is 13.1. The topological polar surface area (TPSA) is 79.7 Å². The fourth-order valence-corrected chi connectivity index (χ4v) is 4.70. The molecule has 3 aromatic rings. The maximum Gasteiger partial charge on any atom is 0.415 e. The molecular weight excluding hydrogens is 404 g/mol. The Bertz CT molecular complexity index is 1140. The molecule has 0 radical (unpaired) electrons. The zero-order valence-electron chi connectivity index (χ0n) is 17.7. The summed E-state index contributed by atoms with van der Waals surface area (Å²) in [4.78, 5) is 30.2. The number of carbonyl (C=O) groups is 2. The molecule has 0 unspecified atom stereocenters. The SMILES string of the molecule is O=C(O)CCc1ccc2c(n1)N(C(=O)OCC1c3ccccc3-c3ccccc31)CCC2. The van der Waals surface area contributed by atoms with Gasteiger partial charge in [-0.1, -0.05) is 54.6 Å². The minimum atomic E-state index is -0.863. The first-order valence-electron chi connectivity index (χ1n) is 10.9. The lowest BCUT2D eigenvalue weighted by Crippen LogP contribution is -2.37. The van der Waals surface area contributed by atoms with Gasteiger partial charge in [0.1, 0.15) is 12.4 Å². The van der Waals surface area contributed by atoms with Crippen LogP contribution in [0.3, 0.4) is 0 Å². The summed E-state index contributed by atoms with van der Waals surface area (Å²) in [5, 5.41) is 8.95. The van der Waals surface area contributed by atoms with Crippen LogP contribution in [0.4, 0.5) is 10.6 Å². The fraction of sp³-hybridized carbons (Fsp3) is 0.269. The molecule has 1 aliphatic carbocycles. The lowest BCUT2D eigenvalue weighted by molar-refractivity contribution is -0.136. The lowest BCUT2D eigenvalue weighted by atomic mass is 9.98. The molecule has 0 saturated carbocycles. The number of aliphatic carboxylic acids is 1. The Morgan fingerprint density at radius 2 is 1.69 bits per heavy atom. The van der Waals surface area contributed by atoms with Gasteiger partial charge in [-0.2, -0.15) is 0 Å². The van der Waals surface area contributed by atoms with Crippen LogP contribution in [-0.4, -0.2) is 35.3 Å². The molecule has 32 heavy (non-hydrogen) atoms. The number of anilines is 1. The van der Waals surface area contributed by atoms with E-state index in [-0.39, 0.29) is 18.9 Å². The summed E-state index contributed by atoms with van der Waals surface area (Å²) in [7, 11) is 0. The molecule has 2 aliphatic rings. The first kappa shape index (κ1) is 20.2. The summed E-state index contributed by atoms with van der Waals surface area (Å²) < 4.78 is 5.83. The molecule has 1 N–H and O–H groups in total. The van der Waals surface area contributed by atoms with Crippen molar-refractivity contribution in [2.24, 2.45) is 0 Å². The molecule has 2 aromatic carbocycles. The molecule has 162 valence electrons. The van der Waals surface area contributed by atoms with Crippen molar-refractivity contribution in [1.82, 2.24) is 4.98 Å². The fourth-order valence-electron chi connectivity index (χ4n) is 4.70. The van der Waals surface area contributed by atoms with Crippen molar-refractivity contribution in [1.29, 1.82) is 0 Å². The van der Waals surface area contributed by atoms with Gasteiger partial charge in [0, 0.05) is 24.6 Å². The molecule has 2 heterocycles. The third kappa shape index (κ3) is 3.73. The van der Waals surface area contributed by atoms with E-state index in [4.69, 9.17) is 9.84 Å². The quantitative estimate of drug-likeness (QED) is 0.631. The molecule has 0 bridgehead atoms. The van der Waals surface area contributed by atoms with Crippen molar-refractivity contribution in [2.45, 2.75) is 31.6 Å². The molecule has 6 heteroatoms. The number of carbonyl (C=O) groups excluding carboxylic acids is 1. The molecule has 5 rings (SSSR count). The van der Waals surface area contributed by atoms with Crippen LogP contribution in [0.2, 0.25) is 0 Å². The Kier molecular flexibility index (Phi) is 5.35. The molecule has 0 saturated heterocycles. The summed E-state index contributed by atoms with van der Waals surface area (Å²) >= 11 is 0. The van der Waals surface area contributed by atoms with E-state index in [0.717, 1.165) is 18.4 Å². The molecule has 6 nitrogen and oxygen atoms in total. The first-order valence-corrected chi connectivity index (χ1v) is 10.9. The van der Waals surface area contributed by atoms with E-state index in [9.17, 15) is 9.59 Å². The second-order valence-electron chi connectivity index (χ2n) is 8.24. The monoisotopic (exact) mass is 428 g/mol. The van der Waals surface area contributed by atoms with Crippen LogP contribution < -0.4 is 4.90 Å². The number of hydrogen-bond donors (Lipinski definition) is 1. The number of carboxylic acid groups (broad SMARTS) is 1. The molecule has 0 spiro atoms. The summed E-state index contributed by atoms with van der Waals surface area (Å²) in [5.74, 6) is -0.264. The van der Waals surface area contributed by atoms with Crippen molar-refractivity contribution >= 4 is 17.9 Å². The maximum absolute atomic E-state index is 13.1. The Morgan fingerprint density at radius 1 is 1.00 bits per heavy atom. The highest BCUT2D eigenvalue weighted by Crippen LogP contribution is 2.44. The summed E-state index contributed by atoms with van der Waals surface area (Å²) in [6.07, 6.45) is 1.62. The van der Waals surface area contributed by atoms with Crippen LogP contribution in [0.5, 0.6) is 0 Å². The highest BCUT2D eigenvalue weighted by molar-refractivity contribution is 5.88. The molecular formula is C26H24N2O4. The Morgan fingerprint density at radius 3 is 2.38 bits per heavy atom. The molecule has 0 fully saturated rings. The molecule has 0 atom stereocenters. The van der Waals surface area contributed by atoms with Crippen molar-refractivity contribution in [3.8, 4) is 11.1 Å². The van der Waals surface area contributed by atoms with E-state index < -0.39 is 12.1 Å². The number of aromatic nitrogens is 1. The average molecular weight is 428 g/mol. The zero-order valence-corrected chi connectivity index (χ0v) is 17.7. The van der Waals surface area contributed by atoms with Gasteiger partial charge in [-0.25, -0.2) is 9.78 Å². The number of fused-ring (bicyclic) bond motifs is 4. The third-order valence-corrected chi connectivity index (χ3v) is 6.25. The number of hydrogen-bond acceptors (Lipinski definition) is 4. The number of carboxylic acids is 1. The number of ether oxygens (including phenoxy) is 1. The lowest BCUT2D eigenvalue weighted by Gasteiger charge is -2.28. The van der Waals surface area contributed by atoms with Crippen molar-refractivity contribution in [3.63, 3.8) is 0 Å². The van der Waals surface area contributed by atoms with Crippen LogP contribution in [-0.2, 0) is 22.4 Å². The van der Waals surface area contributed by atoms with Crippen molar-refractivity contribution < 1.29 is 19.4 Å². The van der Waals surface area contributed by atoms with Crippen LogP contribution >= 0.6 is 0 Å². The van der Waals surface area contributed by atoms with Gasteiger partial charge < -0.3 is 9.84 Å². The van der Waals surface area contributed by atoms with Gasteiger partial charge in [-0.3, -0.25) is 9.69 Å². The van der Waals surface area contributed by atoms with Crippen molar-refractivity contribution in [3.05, 3.63) is 83.0 Å². The highest BCUT2D eigenvalue weighted by atomic mass is 16.6. The summed E-state index contributed by atoms with van der Waals surface area (Å²) in [6.45, 7) is 0.802. The summed E-state index contributed by atoms with van der Waals surface area (Å²) in [6, 6.07) is 20.3. The number of amides is 1. The van der Waals surface area contributed by atoms with Gasteiger partial charge in [-0.15, -0.1) is 0 Å². The predicted molar refractivity (Wildman–Crippen MR) is 121 cm³/mol. The van der Waals surface area contributed by atoms with Crippen LogP contribution in [0.1, 0.15) is 41.1 Å². The highest BCUT2D eigenvalue weighted by Gasteiger charge is 2.31. The Hall–Kier alpha value is -3.67. The Balaban J connectivity index is 1.35. The smallest absolute Gasteiger partial charge is 0.415 e. The summed E-state index contributed by atoms with van der Waals surface area (Å²) in [5.41, 5.74) is 6.40. The van der Waals surface area contributed by atoms with Gasteiger partial charge in [0.05, 0.1) is 6.42 Å². The minimum absolute atomic E-state index is 0.00507.